The molecule has 0 radical (unpaired) electrons. The number of carbonyl (C=O) groups is 1. The maximum absolute atomic E-state index is 13.3. The van der Waals surface area contributed by atoms with Crippen molar-refractivity contribution >= 4 is 44.6 Å². The molecule has 1 aromatic heterocycles. The van der Waals surface area contributed by atoms with Crippen molar-refractivity contribution in [3.63, 3.8) is 0 Å². The van der Waals surface area contributed by atoms with Crippen LogP contribution in [-0.4, -0.2) is 69.7 Å². The van der Waals surface area contributed by atoms with E-state index < -0.39 is 21.9 Å². The molecule has 0 aliphatic carbocycles. The van der Waals surface area contributed by atoms with E-state index in [9.17, 15) is 23.1 Å². The zero-order valence-electron chi connectivity index (χ0n) is 21.1. The minimum atomic E-state index is -3.78. The van der Waals surface area contributed by atoms with Gasteiger partial charge in [0.1, 0.15) is 5.58 Å². The van der Waals surface area contributed by atoms with E-state index in [1.807, 2.05) is 12.1 Å². The third kappa shape index (κ3) is 6.45. The van der Waals surface area contributed by atoms with Crippen LogP contribution in [0.1, 0.15) is 22.3 Å². The number of nitrogens with one attached hydrogen (secondary N) is 3. The minimum absolute atomic E-state index is 0.136. The molecule has 4 rings (SSSR count). The first-order valence-corrected chi connectivity index (χ1v) is 13.9. The summed E-state index contributed by atoms with van der Waals surface area (Å²) in [6.07, 6.45) is -0.922. The number of anilines is 1. The zero-order valence-corrected chi connectivity index (χ0v) is 22.7. The molecular weight excluding hydrogens is 534 g/mol. The van der Waals surface area contributed by atoms with Gasteiger partial charge in [0, 0.05) is 70.7 Å². The van der Waals surface area contributed by atoms with Crippen LogP contribution in [0.15, 0.2) is 45.6 Å². The van der Waals surface area contributed by atoms with Crippen LogP contribution in [0, 0.1) is 0 Å². The van der Waals surface area contributed by atoms with Gasteiger partial charge in [-0.05, 0) is 28.8 Å². The molecule has 1 saturated heterocycles. The highest BCUT2D eigenvalue weighted by Gasteiger charge is 2.21. The third-order valence-corrected chi connectivity index (χ3v) is 7.95. The molecular formula is C25H30ClN5O6S. The molecule has 0 atom stereocenters. The quantitative estimate of drug-likeness (QED) is 0.291. The van der Waals surface area contributed by atoms with E-state index in [1.165, 1.54) is 14.1 Å². The van der Waals surface area contributed by atoms with Crippen LogP contribution < -0.4 is 20.4 Å². The Bertz CT molecular complexity index is 1500. The average Bonchev–Trinajstić information content (AvgIpc) is 2.88. The van der Waals surface area contributed by atoms with Gasteiger partial charge in [-0.2, -0.15) is 8.42 Å². The Balaban J connectivity index is 1.78. The minimum Gasteiger partial charge on any atom is -0.465 e. The predicted octanol–water partition coefficient (Wildman–Crippen LogP) is 2.43. The van der Waals surface area contributed by atoms with Crippen LogP contribution in [0.2, 0.25) is 5.02 Å². The summed E-state index contributed by atoms with van der Waals surface area (Å²) in [5, 5.41) is 13.5. The topological polar surface area (TPSA) is 144 Å². The molecule has 0 spiro atoms. The van der Waals surface area contributed by atoms with Gasteiger partial charge in [0.15, 0.2) is 0 Å². The van der Waals surface area contributed by atoms with Crippen LogP contribution in [0.4, 0.5) is 10.5 Å². The van der Waals surface area contributed by atoms with E-state index >= 15 is 0 Å². The number of nitrogens with zero attached hydrogens (tertiary/aromatic N) is 2. The highest BCUT2D eigenvalue weighted by atomic mass is 35.5. The van der Waals surface area contributed by atoms with E-state index in [-0.39, 0.29) is 23.7 Å². The first-order chi connectivity index (χ1) is 18.1. The Hall–Kier alpha value is -3.16. The van der Waals surface area contributed by atoms with E-state index in [4.69, 9.17) is 16.0 Å². The van der Waals surface area contributed by atoms with Crippen molar-refractivity contribution in [2.75, 3.05) is 45.0 Å². The first-order valence-electron chi connectivity index (χ1n) is 12.0. The van der Waals surface area contributed by atoms with Crippen LogP contribution in [-0.2, 0) is 29.7 Å². The second-order valence-corrected chi connectivity index (χ2v) is 11.1. The van der Waals surface area contributed by atoms with Gasteiger partial charge in [0.25, 0.3) is 10.2 Å². The van der Waals surface area contributed by atoms with Crippen LogP contribution in [0.3, 0.4) is 0 Å². The normalized spacial score (nSPS) is 14.5. The van der Waals surface area contributed by atoms with Crippen LogP contribution in [0.5, 0.6) is 0 Å². The van der Waals surface area contributed by atoms with Crippen molar-refractivity contribution in [1.82, 2.24) is 19.8 Å². The lowest BCUT2D eigenvalue weighted by molar-refractivity contribution is 0.153. The Labute approximate surface area is 225 Å². The number of piperazine rings is 1. The van der Waals surface area contributed by atoms with Gasteiger partial charge in [0.2, 0.25) is 0 Å². The molecule has 0 bridgehead atoms. The molecule has 0 saturated carbocycles. The van der Waals surface area contributed by atoms with Gasteiger partial charge in [-0.3, -0.25) is 9.62 Å². The molecule has 2 aromatic carbocycles. The van der Waals surface area contributed by atoms with Crippen molar-refractivity contribution in [3.05, 3.63) is 74.1 Å². The van der Waals surface area contributed by atoms with E-state index in [1.54, 1.807) is 24.3 Å². The van der Waals surface area contributed by atoms with Gasteiger partial charge >= 0.3 is 11.7 Å². The molecule has 11 nitrogen and oxygen atoms in total. The Morgan fingerprint density at radius 3 is 2.63 bits per heavy atom. The predicted molar refractivity (Wildman–Crippen MR) is 146 cm³/mol. The number of halogens is 1. The highest BCUT2D eigenvalue weighted by molar-refractivity contribution is 7.90. The monoisotopic (exact) mass is 563 g/mol. The molecule has 204 valence electrons. The van der Waals surface area contributed by atoms with E-state index in [2.05, 4.69) is 19.7 Å². The summed E-state index contributed by atoms with van der Waals surface area (Å²) in [6, 6.07) is 10.3. The average molecular weight is 564 g/mol. The fraction of sp³-hybridized carbons (Fsp3) is 0.360. The van der Waals surface area contributed by atoms with Crippen molar-refractivity contribution in [2.24, 2.45) is 0 Å². The number of carboxylic acid groups (broad SMARTS) is 1. The highest BCUT2D eigenvalue weighted by Crippen LogP contribution is 2.31. The summed E-state index contributed by atoms with van der Waals surface area (Å²) in [6.45, 7) is 3.95. The molecule has 1 fully saturated rings. The molecule has 38 heavy (non-hydrogen) atoms. The molecule has 0 unspecified atom stereocenters. The summed E-state index contributed by atoms with van der Waals surface area (Å²) in [5.74, 6) is 0. The Morgan fingerprint density at radius 2 is 1.95 bits per heavy atom. The van der Waals surface area contributed by atoms with E-state index in [0.717, 1.165) is 42.0 Å². The maximum Gasteiger partial charge on any atom is 0.407 e. The number of hydrogen-bond acceptors (Lipinski definition) is 7. The van der Waals surface area contributed by atoms with Gasteiger partial charge in [-0.1, -0.05) is 35.9 Å². The Morgan fingerprint density at radius 1 is 1.21 bits per heavy atom. The first kappa shape index (κ1) is 27.9. The van der Waals surface area contributed by atoms with Crippen LogP contribution in [0.25, 0.3) is 11.0 Å². The number of benzene rings is 2. The van der Waals surface area contributed by atoms with Gasteiger partial charge in [0.05, 0.1) is 10.7 Å². The lowest BCUT2D eigenvalue weighted by Gasteiger charge is -2.28. The lowest BCUT2D eigenvalue weighted by atomic mass is 9.97. The number of fused-ring (bicyclic) bond motifs is 1. The van der Waals surface area contributed by atoms with Crippen molar-refractivity contribution < 1.29 is 22.7 Å². The largest absolute Gasteiger partial charge is 0.465 e. The van der Waals surface area contributed by atoms with Crippen LogP contribution >= 0.6 is 11.6 Å². The van der Waals surface area contributed by atoms with Crippen molar-refractivity contribution in [1.29, 1.82) is 0 Å². The third-order valence-electron chi connectivity index (χ3n) is 6.48. The molecule has 1 amide bonds. The smallest absolute Gasteiger partial charge is 0.407 e. The second-order valence-electron chi connectivity index (χ2n) is 9.11. The van der Waals surface area contributed by atoms with Gasteiger partial charge in [-0.25, -0.2) is 14.3 Å². The number of amides is 1. The summed E-state index contributed by atoms with van der Waals surface area (Å²) < 4.78 is 34.3. The SMILES string of the molecule is CNS(=O)(=O)Nc1cccc(Cc2c(CN3CCNCC3)c3ccc(CN(C)C(=O)O)cc3oc2=O)c1Cl. The Kier molecular flexibility index (Phi) is 8.58. The molecule has 4 N–H and O–H groups in total. The number of hydrogen-bond donors (Lipinski definition) is 4. The van der Waals surface area contributed by atoms with Crippen molar-refractivity contribution in [3.8, 4) is 0 Å². The molecule has 2 heterocycles. The maximum atomic E-state index is 13.3. The second kappa shape index (κ2) is 11.7. The van der Waals surface area contributed by atoms with Gasteiger partial charge in [-0.15, -0.1) is 0 Å². The standard InChI is InChI=1S/C25H30ClN5O6S/c1-27-38(35,36)29-21-5-3-4-17(23(21)26)13-19-20(15-31-10-8-28-9-11-31)18-7-6-16(14-30(2)25(33)34)12-22(18)37-24(19)32/h3-7,12,27-29H,8-11,13-15H2,1-2H3,(H,33,34). The summed E-state index contributed by atoms with van der Waals surface area (Å²) in [4.78, 5) is 28.0. The van der Waals surface area contributed by atoms with Gasteiger partial charge < -0.3 is 19.7 Å². The molecule has 1 aliphatic rings. The molecule has 1 aliphatic heterocycles. The summed E-state index contributed by atoms with van der Waals surface area (Å²) in [7, 11) is -1.03. The fourth-order valence-electron chi connectivity index (χ4n) is 4.42. The number of rotatable bonds is 9. The summed E-state index contributed by atoms with van der Waals surface area (Å²) in [5.41, 5.74) is 2.54. The molecule has 3 aromatic rings. The summed E-state index contributed by atoms with van der Waals surface area (Å²) >= 11 is 6.57. The van der Waals surface area contributed by atoms with Crippen molar-refractivity contribution in [2.45, 2.75) is 19.5 Å². The van der Waals surface area contributed by atoms with E-state index in [0.29, 0.717) is 28.8 Å². The lowest BCUT2D eigenvalue weighted by Crippen LogP contribution is -2.43. The molecule has 13 heteroatoms. The zero-order chi connectivity index (χ0) is 27.4. The fourth-order valence-corrected chi connectivity index (χ4v) is 5.28.